The fourth-order valence-electron chi connectivity index (χ4n) is 2.35. The van der Waals surface area contributed by atoms with Crippen molar-refractivity contribution in [2.24, 2.45) is 0 Å². The third-order valence-electron chi connectivity index (χ3n) is 3.71. The average molecular weight is 381 g/mol. The van der Waals surface area contributed by atoms with Gasteiger partial charge >= 0.3 is 5.97 Å². The Morgan fingerprint density at radius 1 is 1.11 bits per heavy atom. The summed E-state index contributed by atoms with van der Waals surface area (Å²) in [5, 5.41) is 13.5. The number of benzene rings is 2. The molecule has 0 bridgehead atoms. The van der Waals surface area contributed by atoms with Gasteiger partial charge in [0.2, 0.25) is 0 Å². The van der Waals surface area contributed by atoms with Crippen LogP contribution in [0, 0.1) is 5.82 Å². The molecule has 7 nitrogen and oxygen atoms in total. The summed E-state index contributed by atoms with van der Waals surface area (Å²) < 4.78 is 19.8. The van der Waals surface area contributed by atoms with Crippen LogP contribution < -0.4 is 0 Å². The Balaban J connectivity index is 1.38. The number of ether oxygens (including phenoxy) is 1. The van der Waals surface area contributed by atoms with Crippen LogP contribution in [0.15, 0.2) is 60.2 Å². The van der Waals surface area contributed by atoms with Gasteiger partial charge in [-0.05, 0) is 59.0 Å². The highest BCUT2D eigenvalue weighted by Gasteiger charge is 2.11. The molecule has 0 N–H and O–H groups in total. The summed E-state index contributed by atoms with van der Waals surface area (Å²) in [7, 11) is 0. The zero-order valence-electron chi connectivity index (χ0n) is 13.8. The maximum atomic E-state index is 13.0. The molecular formula is C18H12FN5O2S. The molecule has 0 saturated heterocycles. The molecule has 0 aliphatic heterocycles. The zero-order chi connectivity index (χ0) is 18.6. The van der Waals surface area contributed by atoms with E-state index in [4.69, 9.17) is 4.74 Å². The van der Waals surface area contributed by atoms with Gasteiger partial charge in [-0.3, -0.25) is 0 Å². The van der Waals surface area contributed by atoms with E-state index in [-0.39, 0.29) is 12.4 Å². The van der Waals surface area contributed by atoms with Crippen molar-refractivity contribution in [2.75, 3.05) is 0 Å². The monoisotopic (exact) mass is 381 g/mol. The lowest BCUT2D eigenvalue weighted by atomic mass is 10.2. The van der Waals surface area contributed by atoms with Crippen LogP contribution in [0.25, 0.3) is 16.3 Å². The molecule has 0 aliphatic carbocycles. The van der Waals surface area contributed by atoms with Gasteiger partial charge < -0.3 is 4.74 Å². The van der Waals surface area contributed by atoms with E-state index in [9.17, 15) is 9.18 Å². The van der Waals surface area contributed by atoms with E-state index in [1.807, 2.05) is 5.38 Å². The number of halogens is 1. The highest BCUT2D eigenvalue weighted by molar-refractivity contribution is 7.13. The minimum Gasteiger partial charge on any atom is -0.456 e. The highest BCUT2D eigenvalue weighted by Crippen LogP contribution is 2.24. The van der Waals surface area contributed by atoms with Gasteiger partial charge in [-0.2, -0.15) is 0 Å². The highest BCUT2D eigenvalue weighted by atomic mass is 32.1. The summed E-state index contributed by atoms with van der Waals surface area (Å²) in [4.78, 5) is 16.6. The van der Waals surface area contributed by atoms with E-state index < -0.39 is 5.97 Å². The Labute approximate surface area is 157 Å². The lowest BCUT2D eigenvalue weighted by molar-refractivity contribution is 0.0468. The number of tetrazole rings is 1. The summed E-state index contributed by atoms with van der Waals surface area (Å²) in [5.74, 6) is -0.745. The van der Waals surface area contributed by atoms with Gasteiger partial charge in [0.1, 0.15) is 23.8 Å². The first kappa shape index (κ1) is 17.0. The van der Waals surface area contributed by atoms with Crippen LogP contribution in [0.2, 0.25) is 0 Å². The molecule has 27 heavy (non-hydrogen) atoms. The van der Waals surface area contributed by atoms with Crippen molar-refractivity contribution in [3.05, 3.63) is 77.3 Å². The first-order valence-electron chi connectivity index (χ1n) is 7.90. The van der Waals surface area contributed by atoms with Gasteiger partial charge in [0.25, 0.3) is 0 Å². The van der Waals surface area contributed by atoms with E-state index in [1.54, 1.807) is 36.4 Å². The van der Waals surface area contributed by atoms with Gasteiger partial charge in [0.05, 0.1) is 16.9 Å². The number of aromatic nitrogens is 5. The van der Waals surface area contributed by atoms with Crippen molar-refractivity contribution in [2.45, 2.75) is 6.61 Å². The van der Waals surface area contributed by atoms with Gasteiger partial charge in [0, 0.05) is 10.9 Å². The van der Waals surface area contributed by atoms with E-state index in [0.29, 0.717) is 11.3 Å². The Hall–Kier alpha value is -3.46. The molecular weight excluding hydrogens is 369 g/mol. The van der Waals surface area contributed by atoms with Crippen LogP contribution >= 0.6 is 11.3 Å². The van der Waals surface area contributed by atoms with Gasteiger partial charge in [-0.15, -0.1) is 16.4 Å². The van der Waals surface area contributed by atoms with Gasteiger partial charge in [0.15, 0.2) is 0 Å². The SMILES string of the molecule is O=C(OCc1csc(-c2ccc(F)cc2)n1)c1ccc(-n2cnnn2)cc1. The first-order chi connectivity index (χ1) is 13.2. The summed E-state index contributed by atoms with van der Waals surface area (Å²) in [6.45, 7) is 0.0608. The number of nitrogens with zero attached hydrogens (tertiary/aromatic N) is 5. The molecule has 0 atom stereocenters. The van der Waals surface area contributed by atoms with E-state index >= 15 is 0 Å². The van der Waals surface area contributed by atoms with Crippen molar-refractivity contribution in [1.82, 2.24) is 25.2 Å². The average Bonchev–Trinajstić information content (AvgIpc) is 3.39. The predicted molar refractivity (Wildman–Crippen MR) is 95.8 cm³/mol. The van der Waals surface area contributed by atoms with E-state index in [1.165, 1.54) is 34.5 Å². The molecule has 0 amide bonds. The maximum absolute atomic E-state index is 13.0. The Morgan fingerprint density at radius 2 is 1.89 bits per heavy atom. The summed E-state index contributed by atoms with van der Waals surface area (Å²) in [5.41, 5.74) is 2.61. The molecule has 0 unspecified atom stereocenters. The summed E-state index contributed by atoms with van der Waals surface area (Å²) in [6.07, 6.45) is 1.47. The van der Waals surface area contributed by atoms with Crippen molar-refractivity contribution < 1.29 is 13.9 Å². The molecule has 0 radical (unpaired) electrons. The quantitative estimate of drug-likeness (QED) is 0.494. The van der Waals surface area contributed by atoms with E-state index in [2.05, 4.69) is 20.5 Å². The number of thiazole rings is 1. The fraction of sp³-hybridized carbons (Fsp3) is 0.0556. The Bertz CT molecular complexity index is 1050. The number of carbonyl (C=O) groups excluding carboxylic acids is 1. The van der Waals surface area contributed by atoms with Crippen LogP contribution in [0.1, 0.15) is 16.1 Å². The smallest absolute Gasteiger partial charge is 0.338 e. The molecule has 2 aromatic heterocycles. The topological polar surface area (TPSA) is 82.8 Å². The molecule has 2 aromatic carbocycles. The molecule has 0 aliphatic rings. The van der Waals surface area contributed by atoms with Gasteiger partial charge in [-0.1, -0.05) is 0 Å². The third kappa shape index (κ3) is 3.87. The van der Waals surface area contributed by atoms with Crippen LogP contribution in [0.5, 0.6) is 0 Å². The van der Waals surface area contributed by atoms with Crippen molar-refractivity contribution in [3.8, 4) is 16.3 Å². The van der Waals surface area contributed by atoms with Crippen LogP contribution in [0.4, 0.5) is 4.39 Å². The Morgan fingerprint density at radius 3 is 2.59 bits per heavy atom. The largest absolute Gasteiger partial charge is 0.456 e. The number of hydrogen-bond acceptors (Lipinski definition) is 7. The van der Waals surface area contributed by atoms with Crippen molar-refractivity contribution >= 4 is 17.3 Å². The standard InChI is InChI=1S/C18H12FN5O2S/c19-14-5-1-12(2-6-14)17-21-15(10-27-17)9-26-18(25)13-3-7-16(8-4-13)24-11-20-22-23-24/h1-8,10-11H,9H2. The number of carbonyl (C=O) groups is 1. The second kappa shape index (κ2) is 7.42. The molecule has 0 spiro atoms. The van der Waals surface area contributed by atoms with Crippen LogP contribution in [0.3, 0.4) is 0 Å². The van der Waals surface area contributed by atoms with Crippen LogP contribution in [-0.4, -0.2) is 31.2 Å². The lowest BCUT2D eigenvalue weighted by Gasteiger charge is -2.04. The third-order valence-corrected chi connectivity index (χ3v) is 4.65. The number of esters is 1. The second-order valence-corrected chi connectivity index (χ2v) is 6.39. The molecule has 0 fully saturated rings. The van der Waals surface area contributed by atoms with Crippen molar-refractivity contribution in [1.29, 1.82) is 0 Å². The maximum Gasteiger partial charge on any atom is 0.338 e. The first-order valence-corrected chi connectivity index (χ1v) is 8.78. The minimum atomic E-state index is -0.449. The molecule has 0 saturated carbocycles. The van der Waals surface area contributed by atoms with E-state index in [0.717, 1.165) is 16.3 Å². The predicted octanol–water partition coefficient (Wildman–Crippen LogP) is 3.28. The second-order valence-electron chi connectivity index (χ2n) is 5.53. The molecule has 4 rings (SSSR count). The fourth-order valence-corrected chi connectivity index (χ4v) is 3.16. The molecule has 4 aromatic rings. The summed E-state index contributed by atoms with van der Waals surface area (Å²) >= 11 is 1.41. The number of rotatable bonds is 5. The minimum absolute atomic E-state index is 0.0608. The normalized spacial score (nSPS) is 10.7. The Kier molecular flexibility index (Phi) is 4.67. The lowest BCUT2D eigenvalue weighted by Crippen LogP contribution is -2.06. The molecule has 9 heteroatoms. The summed E-state index contributed by atoms with van der Waals surface area (Å²) in [6, 6.07) is 12.8. The van der Waals surface area contributed by atoms with Crippen molar-refractivity contribution in [3.63, 3.8) is 0 Å². The molecule has 2 heterocycles. The molecule has 134 valence electrons. The number of hydrogen-bond donors (Lipinski definition) is 0. The van der Waals surface area contributed by atoms with Crippen LogP contribution in [-0.2, 0) is 11.3 Å². The van der Waals surface area contributed by atoms with Gasteiger partial charge in [-0.25, -0.2) is 18.9 Å². The zero-order valence-corrected chi connectivity index (χ0v) is 14.6.